The van der Waals surface area contributed by atoms with Crippen molar-refractivity contribution in [2.45, 2.75) is 13.8 Å². The van der Waals surface area contributed by atoms with Gasteiger partial charge in [0.25, 0.3) is 5.91 Å². The number of aromatic nitrogens is 1. The smallest absolute Gasteiger partial charge is 0.341 e. The number of nitrogens with zero attached hydrogens (tertiary/aromatic N) is 1. The van der Waals surface area contributed by atoms with Crippen molar-refractivity contribution in [1.29, 1.82) is 0 Å². The number of methoxy groups -OCH3 is 1. The van der Waals surface area contributed by atoms with Crippen molar-refractivity contribution in [2.75, 3.05) is 19.0 Å². The summed E-state index contributed by atoms with van der Waals surface area (Å²) in [6.45, 7) is 3.89. The van der Waals surface area contributed by atoms with Crippen molar-refractivity contribution in [2.24, 2.45) is 0 Å². The quantitative estimate of drug-likeness (QED) is 0.226. The Labute approximate surface area is 224 Å². The average Bonchev–Trinajstić information content (AvgIpc) is 3.37. The van der Waals surface area contributed by atoms with E-state index in [1.54, 1.807) is 14.0 Å². The standard InChI is InChI=1S/C31H26N2O4S/c1-4-37-31(35)27-24(20-10-6-5-7-11-20)18-38-30(27)33-29(34)26-19(2)28(21-14-16-22(36-3)17-15-21)32-25-13-9-8-12-23(25)26/h5-18H,4H2,1-3H3,(H,33,34). The van der Waals surface area contributed by atoms with Crippen molar-refractivity contribution in [3.05, 3.63) is 101 Å². The van der Waals surface area contributed by atoms with E-state index in [-0.39, 0.29) is 12.5 Å². The fraction of sp³-hybridized carbons (Fsp3) is 0.129. The topological polar surface area (TPSA) is 77.5 Å². The molecule has 0 unspecified atom stereocenters. The molecule has 2 heterocycles. The van der Waals surface area contributed by atoms with Crippen LogP contribution in [0.4, 0.5) is 5.00 Å². The first kappa shape index (κ1) is 25.2. The van der Waals surface area contributed by atoms with E-state index < -0.39 is 5.97 Å². The molecular weight excluding hydrogens is 496 g/mol. The van der Waals surface area contributed by atoms with Crippen LogP contribution in [0.2, 0.25) is 0 Å². The lowest BCUT2D eigenvalue weighted by Crippen LogP contribution is -2.17. The average molecular weight is 523 g/mol. The van der Waals surface area contributed by atoms with Crippen LogP contribution in [0.3, 0.4) is 0 Å². The number of amides is 1. The number of esters is 1. The number of anilines is 1. The predicted molar refractivity (Wildman–Crippen MR) is 152 cm³/mol. The van der Waals surface area contributed by atoms with Gasteiger partial charge in [-0.3, -0.25) is 4.79 Å². The molecule has 0 fully saturated rings. The second-order valence-corrected chi connectivity index (χ2v) is 9.48. The number of thiophene rings is 1. The minimum atomic E-state index is -0.474. The van der Waals surface area contributed by atoms with Gasteiger partial charge in [-0.05, 0) is 55.3 Å². The summed E-state index contributed by atoms with van der Waals surface area (Å²) in [5, 5.41) is 6.07. The van der Waals surface area contributed by atoms with Gasteiger partial charge < -0.3 is 14.8 Å². The highest BCUT2D eigenvalue weighted by Crippen LogP contribution is 2.37. The molecule has 0 aliphatic rings. The van der Waals surface area contributed by atoms with Gasteiger partial charge in [0.05, 0.1) is 30.5 Å². The molecule has 1 N–H and O–H groups in total. The summed E-state index contributed by atoms with van der Waals surface area (Å²) in [6.07, 6.45) is 0. The number of ether oxygens (including phenoxy) is 2. The van der Waals surface area contributed by atoms with Gasteiger partial charge in [0.15, 0.2) is 0 Å². The molecule has 7 heteroatoms. The molecule has 0 atom stereocenters. The molecule has 5 aromatic rings. The molecule has 0 bridgehead atoms. The maximum absolute atomic E-state index is 13.9. The highest BCUT2D eigenvalue weighted by molar-refractivity contribution is 7.15. The minimum Gasteiger partial charge on any atom is -0.497 e. The van der Waals surface area contributed by atoms with E-state index in [0.717, 1.165) is 33.4 Å². The molecule has 190 valence electrons. The van der Waals surface area contributed by atoms with Gasteiger partial charge in [-0.1, -0.05) is 48.5 Å². The summed E-state index contributed by atoms with van der Waals surface area (Å²) >= 11 is 1.30. The molecule has 0 spiro atoms. The number of carbonyl (C=O) groups is 2. The fourth-order valence-electron chi connectivity index (χ4n) is 4.48. The van der Waals surface area contributed by atoms with Gasteiger partial charge in [0, 0.05) is 21.9 Å². The summed E-state index contributed by atoms with van der Waals surface area (Å²) in [6, 6.07) is 24.7. The SMILES string of the molecule is CCOC(=O)c1c(-c2ccccc2)csc1NC(=O)c1c(C)c(-c2ccc(OC)cc2)nc2ccccc12. The Bertz CT molecular complexity index is 1630. The van der Waals surface area contributed by atoms with Gasteiger partial charge >= 0.3 is 5.97 Å². The summed E-state index contributed by atoms with van der Waals surface area (Å²) in [5.74, 6) is -0.0513. The van der Waals surface area contributed by atoms with E-state index in [4.69, 9.17) is 14.5 Å². The Morgan fingerprint density at radius 3 is 2.32 bits per heavy atom. The van der Waals surface area contributed by atoms with Crippen LogP contribution in [0.25, 0.3) is 33.3 Å². The van der Waals surface area contributed by atoms with Gasteiger partial charge in [0.1, 0.15) is 16.3 Å². The number of pyridine rings is 1. The van der Waals surface area contributed by atoms with Crippen LogP contribution in [0, 0.1) is 6.92 Å². The van der Waals surface area contributed by atoms with Crippen molar-refractivity contribution in [1.82, 2.24) is 4.98 Å². The Morgan fingerprint density at radius 2 is 1.61 bits per heavy atom. The van der Waals surface area contributed by atoms with E-state index in [1.165, 1.54) is 11.3 Å². The van der Waals surface area contributed by atoms with E-state index in [2.05, 4.69) is 5.32 Å². The molecule has 6 nitrogen and oxygen atoms in total. The third-order valence-electron chi connectivity index (χ3n) is 6.31. The first-order chi connectivity index (χ1) is 18.5. The predicted octanol–water partition coefficient (Wildman–Crippen LogP) is 7.38. The minimum absolute atomic E-state index is 0.232. The number of hydrogen-bond acceptors (Lipinski definition) is 6. The normalized spacial score (nSPS) is 10.8. The second kappa shape index (κ2) is 10.9. The molecule has 0 saturated carbocycles. The van der Waals surface area contributed by atoms with Crippen LogP contribution >= 0.6 is 11.3 Å². The van der Waals surface area contributed by atoms with Crippen molar-refractivity contribution in [3.63, 3.8) is 0 Å². The Balaban J connectivity index is 1.61. The zero-order valence-electron chi connectivity index (χ0n) is 21.3. The Morgan fingerprint density at radius 1 is 0.895 bits per heavy atom. The maximum Gasteiger partial charge on any atom is 0.341 e. The lowest BCUT2D eigenvalue weighted by Gasteiger charge is -2.15. The number of rotatable bonds is 7. The molecule has 3 aromatic carbocycles. The van der Waals surface area contributed by atoms with E-state index in [9.17, 15) is 9.59 Å². The van der Waals surface area contributed by atoms with Crippen molar-refractivity contribution < 1.29 is 19.1 Å². The number of benzene rings is 3. The summed E-state index contributed by atoms with van der Waals surface area (Å²) in [5.41, 5.74) is 5.48. The third kappa shape index (κ3) is 4.76. The van der Waals surface area contributed by atoms with Crippen molar-refractivity contribution in [3.8, 4) is 28.1 Å². The van der Waals surface area contributed by atoms with Gasteiger partial charge in [-0.2, -0.15) is 0 Å². The Kier molecular flexibility index (Phi) is 7.20. The molecule has 0 radical (unpaired) electrons. The van der Waals surface area contributed by atoms with E-state index >= 15 is 0 Å². The molecule has 1 amide bonds. The first-order valence-electron chi connectivity index (χ1n) is 12.2. The Hall–Kier alpha value is -4.49. The summed E-state index contributed by atoms with van der Waals surface area (Å²) < 4.78 is 10.7. The number of fused-ring (bicyclic) bond motifs is 1. The summed E-state index contributed by atoms with van der Waals surface area (Å²) in [4.78, 5) is 31.8. The van der Waals surface area contributed by atoms with Crippen LogP contribution in [0.1, 0.15) is 33.2 Å². The molecule has 5 rings (SSSR count). The van der Waals surface area contributed by atoms with E-state index in [1.807, 2.05) is 91.2 Å². The monoisotopic (exact) mass is 522 g/mol. The van der Waals surface area contributed by atoms with Gasteiger partial charge in [-0.25, -0.2) is 9.78 Å². The molecule has 38 heavy (non-hydrogen) atoms. The number of hydrogen-bond donors (Lipinski definition) is 1. The summed E-state index contributed by atoms with van der Waals surface area (Å²) in [7, 11) is 1.62. The lowest BCUT2D eigenvalue weighted by molar-refractivity contribution is 0.0529. The molecule has 0 saturated heterocycles. The van der Waals surface area contributed by atoms with Crippen LogP contribution in [0.15, 0.2) is 84.2 Å². The van der Waals surface area contributed by atoms with Crippen LogP contribution in [0.5, 0.6) is 5.75 Å². The molecule has 0 aliphatic heterocycles. The fourth-order valence-corrected chi connectivity index (χ4v) is 5.43. The van der Waals surface area contributed by atoms with E-state index in [0.29, 0.717) is 27.3 Å². The van der Waals surface area contributed by atoms with Crippen LogP contribution < -0.4 is 10.1 Å². The van der Waals surface area contributed by atoms with Crippen molar-refractivity contribution >= 4 is 39.1 Å². The highest BCUT2D eigenvalue weighted by atomic mass is 32.1. The first-order valence-corrected chi connectivity index (χ1v) is 13.1. The molecular formula is C31H26N2O4S. The van der Waals surface area contributed by atoms with Gasteiger partial charge in [-0.15, -0.1) is 11.3 Å². The third-order valence-corrected chi connectivity index (χ3v) is 7.20. The van der Waals surface area contributed by atoms with Crippen LogP contribution in [-0.4, -0.2) is 30.6 Å². The number of para-hydroxylation sites is 1. The second-order valence-electron chi connectivity index (χ2n) is 8.60. The molecule has 2 aromatic heterocycles. The molecule has 0 aliphatic carbocycles. The highest BCUT2D eigenvalue weighted by Gasteiger charge is 2.25. The van der Waals surface area contributed by atoms with Crippen LogP contribution in [-0.2, 0) is 4.74 Å². The largest absolute Gasteiger partial charge is 0.497 e. The lowest BCUT2D eigenvalue weighted by atomic mass is 9.97. The number of carbonyl (C=O) groups excluding carboxylic acids is 2. The zero-order chi connectivity index (χ0) is 26.6. The van der Waals surface area contributed by atoms with Gasteiger partial charge in [0.2, 0.25) is 0 Å². The maximum atomic E-state index is 13.9. The number of nitrogens with one attached hydrogen (secondary N) is 1. The zero-order valence-corrected chi connectivity index (χ0v) is 22.1.